The van der Waals surface area contributed by atoms with Crippen LogP contribution in [0.4, 0.5) is 5.69 Å². The highest BCUT2D eigenvalue weighted by Crippen LogP contribution is 2.20. The highest BCUT2D eigenvalue weighted by molar-refractivity contribution is 9.10. The molecule has 0 radical (unpaired) electrons. The molecule has 0 atom stereocenters. The highest BCUT2D eigenvalue weighted by Gasteiger charge is 2.11. The van der Waals surface area contributed by atoms with Crippen LogP contribution >= 0.6 is 15.9 Å². The number of carbonyl (C=O) groups excluding carboxylic acids is 1. The van der Waals surface area contributed by atoms with Crippen molar-refractivity contribution in [3.63, 3.8) is 0 Å². The van der Waals surface area contributed by atoms with Crippen LogP contribution in [0.15, 0.2) is 57.8 Å². The number of halogens is 1. The van der Waals surface area contributed by atoms with E-state index in [1.54, 1.807) is 31.4 Å². The van der Waals surface area contributed by atoms with Crippen molar-refractivity contribution in [1.29, 1.82) is 0 Å². The number of pyridine rings is 1. The second kappa shape index (κ2) is 7.11. The van der Waals surface area contributed by atoms with Crippen molar-refractivity contribution in [3.8, 4) is 5.75 Å². The van der Waals surface area contributed by atoms with Gasteiger partial charge in [-0.05, 0) is 37.3 Å². The number of fused-ring (bicyclic) bond motifs is 1. The number of methoxy groups -OCH3 is 1. The standard InChI is InChI=1S/C19H17BrN2O3/c1-12-8-18(23)16-9-13(20)6-7-17(16)22(12)11-19(24)21-14-4-3-5-15(10-14)25-2/h3-10H,11H2,1-2H3,(H,21,24). The molecule has 0 fully saturated rings. The maximum absolute atomic E-state index is 12.5. The number of hydrogen-bond donors (Lipinski definition) is 1. The van der Waals surface area contributed by atoms with Crippen molar-refractivity contribution in [2.24, 2.45) is 0 Å². The fraction of sp³-hybridized carbons (Fsp3) is 0.158. The molecule has 5 nitrogen and oxygen atoms in total. The summed E-state index contributed by atoms with van der Waals surface area (Å²) in [7, 11) is 1.58. The highest BCUT2D eigenvalue weighted by atomic mass is 79.9. The van der Waals surface area contributed by atoms with Gasteiger partial charge in [0.15, 0.2) is 5.43 Å². The van der Waals surface area contributed by atoms with Crippen LogP contribution < -0.4 is 15.5 Å². The van der Waals surface area contributed by atoms with Crippen molar-refractivity contribution < 1.29 is 9.53 Å². The molecule has 6 heteroatoms. The zero-order valence-electron chi connectivity index (χ0n) is 13.9. The number of anilines is 1. The predicted octanol–water partition coefficient (Wildman–Crippen LogP) is 3.72. The molecule has 1 heterocycles. The smallest absolute Gasteiger partial charge is 0.244 e. The van der Waals surface area contributed by atoms with Crippen LogP contribution in [0.3, 0.4) is 0 Å². The summed E-state index contributed by atoms with van der Waals surface area (Å²) >= 11 is 3.38. The molecule has 0 unspecified atom stereocenters. The van der Waals surface area contributed by atoms with E-state index in [4.69, 9.17) is 4.74 Å². The number of hydrogen-bond acceptors (Lipinski definition) is 3. The van der Waals surface area contributed by atoms with Crippen molar-refractivity contribution in [1.82, 2.24) is 4.57 Å². The summed E-state index contributed by atoms with van der Waals surface area (Å²) in [6.07, 6.45) is 0. The van der Waals surface area contributed by atoms with E-state index >= 15 is 0 Å². The van der Waals surface area contributed by atoms with E-state index in [0.29, 0.717) is 16.8 Å². The largest absolute Gasteiger partial charge is 0.497 e. The zero-order valence-corrected chi connectivity index (χ0v) is 15.5. The number of amides is 1. The van der Waals surface area contributed by atoms with Crippen molar-refractivity contribution >= 4 is 38.4 Å². The van der Waals surface area contributed by atoms with Gasteiger partial charge in [-0.25, -0.2) is 0 Å². The molecule has 0 saturated carbocycles. The number of carbonyl (C=O) groups is 1. The summed E-state index contributed by atoms with van der Waals surface area (Å²) < 4.78 is 7.82. The molecule has 0 saturated heterocycles. The van der Waals surface area contributed by atoms with Crippen LogP contribution in [0.25, 0.3) is 10.9 Å². The van der Waals surface area contributed by atoms with E-state index in [2.05, 4.69) is 21.2 Å². The zero-order chi connectivity index (χ0) is 18.0. The number of aromatic nitrogens is 1. The Labute approximate surface area is 153 Å². The van der Waals surface area contributed by atoms with Crippen LogP contribution in [0.2, 0.25) is 0 Å². The Morgan fingerprint density at radius 1 is 1.20 bits per heavy atom. The van der Waals surface area contributed by atoms with Gasteiger partial charge in [0.1, 0.15) is 12.3 Å². The van der Waals surface area contributed by atoms with Gasteiger partial charge >= 0.3 is 0 Å². The van der Waals surface area contributed by atoms with E-state index in [9.17, 15) is 9.59 Å². The molecule has 0 bridgehead atoms. The molecule has 1 aromatic heterocycles. The van der Waals surface area contributed by atoms with Crippen molar-refractivity contribution in [2.75, 3.05) is 12.4 Å². The fourth-order valence-corrected chi connectivity index (χ4v) is 3.09. The number of rotatable bonds is 4. The topological polar surface area (TPSA) is 60.3 Å². The molecule has 25 heavy (non-hydrogen) atoms. The van der Waals surface area contributed by atoms with Gasteiger partial charge in [-0.2, -0.15) is 0 Å². The second-order valence-corrected chi connectivity index (χ2v) is 6.59. The van der Waals surface area contributed by atoms with E-state index in [1.807, 2.05) is 35.8 Å². The summed E-state index contributed by atoms with van der Waals surface area (Å²) in [6, 6.07) is 14.2. The Balaban J connectivity index is 1.92. The fourth-order valence-electron chi connectivity index (χ4n) is 2.73. The summed E-state index contributed by atoms with van der Waals surface area (Å²) in [4.78, 5) is 24.7. The monoisotopic (exact) mass is 400 g/mol. The third-order valence-electron chi connectivity index (χ3n) is 3.94. The number of aryl methyl sites for hydroxylation is 1. The van der Waals surface area contributed by atoms with Gasteiger partial charge in [-0.3, -0.25) is 9.59 Å². The van der Waals surface area contributed by atoms with Gasteiger partial charge in [0.05, 0.1) is 12.6 Å². The molecule has 1 N–H and O–H groups in total. The summed E-state index contributed by atoms with van der Waals surface area (Å²) in [5.74, 6) is 0.497. The quantitative estimate of drug-likeness (QED) is 0.725. The second-order valence-electron chi connectivity index (χ2n) is 5.68. The van der Waals surface area contributed by atoms with E-state index in [-0.39, 0.29) is 17.9 Å². The molecular formula is C19H17BrN2O3. The molecule has 1 amide bonds. The number of nitrogens with one attached hydrogen (secondary N) is 1. The molecule has 3 aromatic rings. The Morgan fingerprint density at radius 3 is 2.76 bits per heavy atom. The van der Waals surface area contributed by atoms with E-state index in [1.165, 1.54) is 0 Å². The van der Waals surface area contributed by atoms with Gasteiger partial charge in [0.2, 0.25) is 5.91 Å². The van der Waals surface area contributed by atoms with Crippen molar-refractivity contribution in [3.05, 3.63) is 68.9 Å². The summed E-state index contributed by atoms with van der Waals surface area (Å²) in [5, 5.41) is 3.43. The first-order valence-electron chi connectivity index (χ1n) is 7.71. The molecule has 3 rings (SSSR count). The number of ether oxygens (including phenoxy) is 1. The van der Waals surface area contributed by atoms with Gasteiger partial charge in [-0.1, -0.05) is 22.0 Å². The maximum Gasteiger partial charge on any atom is 0.244 e. The Hall–Kier alpha value is -2.60. The summed E-state index contributed by atoms with van der Waals surface area (Å²) in [5.41, 5.74) is 2.07. The predicted molar refractivity (Wildman–Crippen MR) is 102 cm³/mol. The van der Waals surface area contributed by atoms with Crippen LogP contribution in [-0.4, -0.2) is 17.6 Å². The molecule has 128 valence electrons. The van der Waals surface area contributed by atoms with Crippen molar-refractivity contribution in [2.45, 2.75) is 13.5 Å². The SMILES string of the molecule is COc1cccc(NC(=O)Cn2c(C)cc(=O)c3cc(Br)ccc32)c1. The molecule has 0 aliphatic rings. The van der Waals surface area contributed by atoms with Crippen LogP contribution in [0.5, 0.6) is 5.75 Å². The van der Waals surface area contributed by atoms with Gasteiger partial charge in [0.25, 0.3) is 0 Å². The third-order valence-corrected chi connectivity index (χ3v) is 4.43. The lowest BCUT2D eigenvalue weighted by Crippen LogP contribution is -2.22. The van der Waals surface area contributed by atoms with Gasteiger partial charge < -0.3 is 14.6 Å². The lowest BCUT2D eigenvalue weighted by molar-refractivity contribution is -0.116. The lowest BCUT2D eigenvalue weighted by Gasteiger charge is -2.15. The Morgan fingerprint density at radius 2 is 2.00 bits per heavy atom. The van der Waals surface area contributed by atoms with E-state index in [0.717, 1.165) is 15.7 Å². The first-order valence-corrected chi connectivity index (χ1v) is 8.51. The minimum Gasteiger partial charge on any atom is -0.497 e. The minimum atomic E-state index is -0.177. The van der Waals surface area contributed by atoms with Gasteiger partial charge in [0, 0.05) is 33.4 Å². The third kappa shape index (κ3) is 3.74. The normalized spacial score (nSPS) is 10.7. The molecule has 2 aromatic carbocycles. The first kappa shape index (κ1) is 17.2. The Bertz CT molecular complexity index is 1010. The van der Waals surface area contributed by atoms with Crippen LogP contribution in [0, 0.1) is 6.92 Å². The van der Waals surface area contributed by atoms with Crippen LogP contribution in [0.1, 0.15) is 5.69 Å². The average molecular weight is 401 g/mol. The average Bonchev–Trinajstić information content (AvgIpc) is 2.59. The lowest BCUT2D eigenvalue weighted by atomic mass is 10.2. The first-order chi connectivity index (χ1) is 12.0. The number of benzene rings is 2. The molecule has 0 aliphatic heterocycles. The van der Waals surface area contributed by atoms with E-state index < -0.39 is 0 Å². The molecular weight excluding hydrogens is 384 g/mol. The van der Waals surface area contributed by atoms with Crippen LogP contribution in [-0.2, 0) is 11.3 Å². The molecule has 0 aliphatic carbocycles. The Kier molecular flexibility index (Phi) is 4.90. The van der Waals surface area contributed by atoms with Gasteiger partial charge in [-0.15, -0.1) is 0 Å². The maximum atomic E-state index is 12.5. The minimum absolute atomic E-state index is 0.0572. The number of nitrogens with zero attached hydrogens (tertiary/aromatic N) is 1. The molecule has 0 spiro atoms. The summed E-state index contributed by atoms with van der Waals surface area (Å²) in [6.45, 7) is 1.93.